The van der Waals surface area contributed by atoms with Crippen LogP contribution >= 0.6 is 11.8 Å². The van der Waals surface area contributed by atoms with Gasteiger partial charge in [0.25, 0.3) is 11.8 Å². The number of aromatic amines is 1. The lowest BCUT2D eigenvalue weighted by Crippen LogP contribution is -2.54. The van der Waals surface area contributed by atoms with Gasteiger partial charge in [-0.2, -0.15) is 4.72 Å². The van der Waals surface area contributed by atoms with Crippen molar-refractivity contribution in [1.29, 1.82) is 0 Å². The number of amides is 2. The molecule has 0 bridgehead atoms. The molecule has 0 spiro atoms. The summed E-state index contributed by atoms with van der Waals surface area (Å²) in [5.74, 6) is -0.880. The molecule has 4 N–H and O–H groups in total. The molecule has 1 atom stereocenters. The summed E-state index contributed by atoms with van der Waals surface area (Å²) in [5, 5.41) is 0.813. The molecule has 3 aromatic carbocycles. The van der Waals surface area contributed by atoms with Crippen molar-refractivity contribution in [2.24, 2.45) is 5.92 Å². The van der Waals surface area contributed by atoms with E-state index >= 15 is 0 Å². The van der Waals surface area contributed by atoms with Crippen molar-refractivity contribution in [3.05, 3.63) is 90.0 Å². The second-order valence-electron chi connectivity index (χ2n) is 8.64. The molecule has 0 radical (unpaired) electrons. The standard InChI is InChI=1S/C26H27N5O4S2/c1-17(2)23(31-37(34,35)20-8-4-3-5-9-20)25(33)30-29-24(32)19-14-12-18(13-15-19)16-36-26-27-21-10-6-7-11-22(21)28-26/h3-15,17,23,31H,16H2,1-2H3,(H,27,28)(H,29,32)(H,30,33)/t23-/m0/s1. The van der Waals surface area contributed by atoms with Gasteiger partial charge in [0.2, 0.25) is 10.0 Å². The van der Waals surface area contributed by atoms with Gasteiger partial charge in [-0.25, -0.2) is 13.4 Å². The molecule has 1 aromatic heterocycles. The summed E-state index contributed by atoms with van der Waals surface area (Å²) >= 11 is 1.56. The fourth-order valence-corrected chi connectivity index (χ4v) is 5.70. The number of H-pyrrole nitrogens is 1. The van der Waals surface area contributed by atoms with Crippen LogP contribution in [-0.4, -0.2) is 36.2 Å². The molecule has 1 heterocycles. The van der Waals surface area contributed by atoms with E-state index in [0.29, 0.717) is 11.3 Å². The minimum Gasteiger partial charge on any atom is -0.333 e. The number of nitrogens with zero attached hydrogens (tertiary/aromatic N) is 1. The number of fused-ring (bicyclic) bond motifs is 1. The molecular formula is C26H27N5O4S2. The molecule has 37 heavy (non-hydrogen) atoms. The van der Waals surface area contributed by atoms with Gasteiger partial charge in [0.05, 0.1) is 15.9 Å². The highest BCUT2D eigenvalue weighted by Crippen LogP contribution is 2.23. The van der Waals surface area contributed by atoms with E-state index in [1.165, 1.54) is 12.1 Å². The number of imidazole rings is 1. The van der Waals surface area contributed by atoms with Crippen LogP contribution in [0.15, 0.2) is 88.9 Å². The SMILES string of the molecule is CC(C)[C@H](NS(=O)(=O)c1ccccc1)C(=O)NNC(=O)c1ccc(CSc2nc3ccccc3[nH]2)cc1. The molecular weight excluding hydrogens is 510 g/mol. The predicted octanol–water partition coefficient (Wildman–Crippen LogP) is 3.62. The zero-order chi connectivity index (χ0) is 26.4. The van der Waals surface area contributed by atoms with Crippen molar-refractivity contribution in [1.82, 2.24) is 25.5 Å². The van der Waals surface area contributed by atoms with Gasteiger partial charge in [-0.05, 0) is 47.9 Å². The third-order valence-corrected chi connectivity index (χ3v) is 7.94. The molecule has 2 amide bonds. The number of nitrogens with one attached hydrogen (secondary N) is 4. The number of hydrogen-bond donors (Lipinski definition) is 4. The Kier molecular flexibility index (Phi) is 8.27. The second kappa shape index (κ2) is 11.6. The van der Waals surface area contributed by atoms with E-state index in [9.17, 15) is 18.0 Å². The monoisotopic (exact) mass is 537 g/mol. The first-order chi connectivity index (χ1) is 17.7. The molecule has 9 nitrogen and oxygen atoms in total. The molecule has 0 fully saturated rings. The van der Waals surface area contributed by atoms with E-state index in [2.05, 4.69) is 25.5 Å². The van der Waals surface area contributed by atoms with Crippen LogP contribution in [-0.2, 0) is 20.6 Å². The molecule has 0 aliphatic heterocycles. The molecule has 0 saturated heterocycles. The van der Waals surface area contributed by atoms with Gasteiger partial charge in [-0.3, -0.25) is 20.4 Å². The van der Waals surface area contributed by atoms with Gasteiger partial charge in [0, 0.05) is 11.3 Å². The predicted molar refractivity (Wildman–Crippen MR) is 143 cm³/mol. The summed E-state index contributed by atoms with van der Waals surface area (Å²) in [4.78, 5) is 33.1. The third kappa shape index (κ3) is 6.76. The van der Waals surface area contributed by atoms with Crippen LogP contribution < -0.4 is 15.6 Å². The smallest absolute Gasteiger partial charge is 0.269 e. The summed E-state index contributed by atoms with van der Waals surface area (Å²) in [5.41, 5.74) is 7.93. The van der Waals surface area contributed by atoms with Crippen molar-refractivity contribution in [3.63, 3.8) is 0 Å². The van der Waals surface area contributed by atoms with Crippen molar-refractivity contribution in [3.8, 4) is 0 Å². The quantitative estimate of drug-likeness (QED) is 0.190. The molecule has 4 rings (SSSR count). The zero-order valence-electron chi connectivity index (χ0n) is 20.3. The summed E-state index contributed by atoms with van der Waals surface area (Å²) in [6, 6.07) is 21.5. The Morgan fingerprint density at radius 1 is 0.919 bits per heavy atom. The first-order valence-electron chi connectivity index (χ1n) is 11.6. The summed E-state index contributed by atoms with van der Waals surface area (Å²) < 4.78 is 27.7. The zero-order valence-corrected chi connectivity index (χ0v) is 21.9. The van der Waals surface area contributed by atoms with Gasteiger partial charge in [0.1, 0.15) is 6.04 Å². The number of aromatic nitrogens is 2. The molecule has 0 saturated carbocycles. The Morgan fingerprint density at radius 3 is 2.27 bits per heavy atom. The van der Waals surface area contributed by atoms with Crippen LogP contribution in [0, 0.1) is 5.92 Å². The van der Waals surface area contributed by atoms with Gasteiger partial charge in [-0.1, -0.05) is 68.1 Å². The average molecular weight is 538 g/mol. The van der Waals surface area contributed by atoms with Crippen LogP contribution in [0.3, 0.4) is 0 Å². The lowest BCUT2D eigenvalue weighted by Gasteiger charge is -2.21. The fourth-order valence-electron chi connectivity index (χ4n) is 3.50. The Morgan fingerprint density at radius 2 is 1.59 bits per heavy atom. The number of hydrogen-bond acceptors (Lipinski definition) is 6. The highest BCUT2D eigenvalue weighted by Gasteiger charge is 2.28. The van der Waals surface area contributed by atoms with Gasteiger partial charge in [0.15, 0.2) is 5.16 Å². The summed E-state index contributed by atoms with van der Waals surface area (Å²) in [6.07, 6.45) is 0. The van der Waals surface area contributed by atoms with Crippen LogP contribution in [0.1, 0.15) is 29.8 Å². The molecule has 4 aromatic rings. The largest absolute Gasteiger partial charge is 0.333 e. The minimum absolute atomic E-state index is 0.0519. The van der Waals surface area contributed by atoms with Crippen molar-refractivity contribution in [2.45, 2.75) is 35.7 Å². The normalized spacial score (nSPS) is 12.4. The van der Waals surface area contributed by atoms with E-state index in [0.717, 1.165) is 21.8 Å². The van der Waals surface area contributed by atoms with Gasteiger partial charge < -0.3 is 4.98 Å². The molecule has 0 aliphatic carbocycles. The maximum atomic E-state index is 12.7. The number of thioether (sulfide) groups is 1. The van der Waals surface area contributed by atoms with Crippen molar-refractivity contribution >= 4 is 44.6 Å². The lowest BCUT2D eigenvalue weighted by molar-refractivity contribution is -0.124. The number of sulfonamides is 1. The molecule has 192 valence electrons. The minimum atomic E-state index is -3.91. The second-order valence-corrected chi connectivity index (χ2v) is 11.3. The topological polar surface area (TPSA) is 133 Å². The fraction of sp³-hybridized carbons (Fsp3) is 0.192. The highest BCUT2D eigenvalue weighted by molar-refractivity contribution is 7.98. The summed E-state index contributed by atoms with van der Waals surface area (Å²) in [6.45, 7) is 3.42. The van der Waals surface area contributed by atoms with E-state index < -0.39 is 27.9 Å². The van der Waals surface area contributed by atoms with Gasteiger partial charge >= 0.3 is 0 Å². The third-order valence-electron chi connectivity index (χ3n) is 5.54. The van der Waals surface area contributed by atoms with E-state index in [-0.39, 0.29) is 10.8 Å². The summed E-state index contributed by atoms with van der Waals surface area (Å²) in [7, 11) is -3.91. The Bertz CT molecular complexity index is 1450. The Hall–Kier alpha value is -3.67. The first kappa shape index (κ1) is 26.4. The Balaban J connectivity index is 1.31. The highest BCUT2D eigenvalue weighted by atomic mass is 32.2. The average Bonchev–Trinajstić information content (AvgIpc) is 3.33. The van der Waals surface area contributed by atoms with Crippen LogP contribution in [0.25, 0.3) is 11.0 Å². The van der Waals surface area contributed by atoms with Crippen molar-refractivity contribution < 1.29 is 18.0 Å². The van der Waals surface area contributed by atoms with E-state index in [1.54, 1.807) is 55.9 Å². The van der Waals surface area contributed by atoms with Crippen LogP contribution in [0.4, 0.5) is 0 Å². The molecule has 0 aliphatic rings. The number of carbonyl (C=O) groups is 2. The van der Waals surface area contributed by atoms with E-state index in [1.807, 2.05) is 36.4 Å². The molecule has 11 heteroatoms. The van der Waals surface area contributed by atoms with Crippen LogP contribution in [0.5, 0.6) is 0 Å². The maximum Gasteiger partial charge on any atom is 0.269 e. The number of para-hydroxylation sites is 2. The maximum absolute atomic E-state index is 12.7. The first-order valence-corrected chi connectivity index (χ1v) is 14.0. The number of carbonyl (C=O) groups excluding carboxylic acids is 2. The number of hydrazine groups is 1. The van der Waals surface area contributed by atoms with E-state index in [4.69, 9.17) is 0 Å². The number of benzene rings is 3. The Labute approximate surface area is 219 Å². The number of rotatable bonds is 9. The van der Waals surface area contributed by atoms with Crippen molar-refractivity contribution in [2.75, 3.05) is 0 Å². The van der Waals surface area contributed by atoms with Crippen LogP contribution in [0.2, 0.25) is 0 Å². The van der Waals surface area contributed by atoms with Gasteiger partial charge in [-0.15, -0.1) is 0 Å². The lowest BCUT2D eigenvalue weighted by atomic mass is 10.1. The molecule has 0 unspecified atom stereocenters.